The van der Waals surface area contributed by atoms with Gasteiger partial charge in [0, 0.05) is 30.3 Å². The highest BCUT2D eigenvalue weighted by Crippen LogP contribution is 2.50. The highest BCUT2D eigenvalue weighted by Gasteiger charge is 2.55. The second kappa shape index (κ2) is 8.67. The van der Waals surface area contributed by atoms with Crippen molar-refractivity contribution in [3.8, 4) is 6.07 Å². The molecule has 1 saturated carbocycles. The fourth-order valence-electron chi connectivity index (χ4n) is 4.53. The summed E-state index contributed by atoms with van der Waals surface area (Å²) in [5.74, 6) is -1.55. The number of nitrogens with zero attached hydrogens (tertiary/aromatic N) is 1. The van der Waals surface area contributed by atoms with Gasteiger partial charge in [0.1, 0.15) is 11.7 Å². The molecule has 2 unspecified atom stereocenters. The summed E-state index contributed by atoms with van der Waals surface area (Å²) in [7, 11) is 0. The van der Waals surface area contributed by atoms with Gasteiger partial charge in [-0.05, 0) is 24.8 Å². The van der Waals surface area contributed by atoms with E-state index in [1.54, 1.807) is 0 Å². The first-order valence-electron chi connectivity index (χ1n) is 9.76. The molecule has 144 valence electrons. The maximum absolute atomic E-state index is 12.6. The Labute approximate surface area is 160 Å². The fourth-order valence-corrected chi connectivity index (χ4v) is 4.53. The number of esters is 1. The van der Waals surface area contributed by atoms with E-state index < -0.39 is 11.9 Å². The van der Waals surface area contributed by atoms with Gasteiger partial charge in [-0.2, -0.15) is 5.26 Å². The number of carbonyl (C=O) groups is 2. The van der Waals surface area contributed by atoms with Crippen molar-refractivity contribution in [2.75, 3.05) is 13.2 Å². The van der Waals surface area contributed by atoms with Gasteiger partial charge in [-0.15, -0.1) is 0 Å². The number of rotatable bonds is 7. The topological polar surface area (TPSA) is 76.4 Å². The third-order valence-electron chi connectivity index (χ3n) is 6.06. The molecule has 4 atom stereocenters. The molecule has 27 heavy (non-hydrogen) atoms. The zero-order chi connectivity index (χ0) is 19.3. The molecular formula is C22H27NO4. The van der Waals surface area contributed by atoms with Crippen LogP contribution in [0.15, 0.2) is 30.3 Å². The third kappa shape index (κ3) is 4.39. The van der Waals surface area contributed by atoms with E-state index in [1.807, 2.05) is 30.3 Å². The highest BCUT2D eigenvalue weighted by atomic mass is 16.5. The summed E-state index contributed by atoms with van der Waals surface area (Å²) in [6.07, 6.45) is 3.63. The van der Waals surface area contributed by atoms with E-state index in [4.69, 9.17) is 9.47 Å². The van der Waals surface area contributed by atoms with Crippen LogP contribution < -0.4 is 0 Å². The number of fused-ring (bicyclic) bond motifs is 1. The van der Waals surface area contributed by atoms with Gasteiger partial charge in [-0.25, -0.2) is 0 Å². The molecule has 0 radical (unpaired) electrons. The summed E-state index contributed by atoms with van der Waals surface area (Å²) in [6, 6.07) is 12.1. The van der Waals surface area contributed by atoms with Gasteiger partial charge in [-0.3, -0.25) is 9.59 Å². The Balaban J connectivity index is 1.52. The number of unbranched alkanes of at least 4 members (excludes halogenated alkanes) is 1. The maximum Gasteiger partial charge on any atom is 0.323 e. The lowest BCUT2D eigenvalue weighted by Gasteiger charge is -2.49. The zero-order valence-corrected chi connectivity index (χ0v) is 15.9. The Bertz CT molecular complexity index is 707. The van der Waals surface area contributed by atoms with Gasteiger partial charge < -0.3 is 9.47 Å². The summed E-state index contributed by atoms with van der Waals surface area (Å²) in [4.78, 5) is 24.6. The van der Waals surface area contributed by atoms with Gasteiger partial charge >= 0.3 is 5.97 Å². The van der Waals surface area contributed by atoms with E-state index in [0.717, 1.165) is 18.4 Å². The molecule has 0 amide bonds. The van der Waals surface area contributed by atoms with Crippen LogP contribution in [-0.4, -0.2) is 25.0 Å². The lowest BCUT2D eigenvalue weighted by molar-refractivity contribution is -0.174. The van der Waals surface area contributed by atoms with Crippen molar-refractivity contribution < 1.29 is 19.1 Å². The number of carbonyl (C=O) groups excluding carboxylic acids is 2. The molecule has 1 saturated heterocycles. The van der Waals surface area contributed by atoms with E-state index in [2.05, 4.69) is 13.0 Å². The van der Waals surface area contributed by atoms with Crippen LogP contribution in [0.3, 0.4) is 0 Å². The second-order valence-corrected chi connectivity index (χ2v) is 8.00. The number of hydrogen-bond donors (Lipinski definition) is 0. The molecule has 5 heteroatoms. The summed E-state index contributed by atoms with van der Waals surface area (Å²) >= 11 is 0. The fraction of sp³-hybridized carbons (Fsp3) is 0.591. The van der Waals surface area contributed by atoms with E-state index in [9.17, 15) is 14.9 Å². The van der Waals surface area contributed by atoms with Crippen LogP contribution in [0.4, 0.5) is 0 Å². The summed E-state index contributed by atoms with van der Waals surface area (Å²) in [6.45, 7) is 3.60. The number of Topliss-reactive ketones (excluding diaryl/α,β-unsaturated/α-hetero) is 1. The largest absolute Gasteiger partial charge is 0.464 e. The Morgan fingerprint density at radius 3 is 2.78 bits per heavy atom. The van der Waals surface area contributed by atoms with E-state index in [0.29, 0.717) is 39.1 Å². The molecule has 2 fully saturated rings. The number of ketones is 1. The molecule has 5 nitrogen and oxygen atoms in total. The minimum atomic E-state index is -0.827. The van der Waals surface area contributed by atoms with Crippen molar-refractivity contribution in [1.29, 1.82) is 5.26 Å². The number of hydrogen-bond acceptors (Lipinski definition) is 5. The van der Waals surface area contributed by atoms with Crippen molar-refractivity contribution in [3.05, 3.63) is 35.9 Å². The van der Waals surface area contributed by atoms with Crippen molar-refractivity contribution in [2.24, 2.45) is 23.2 Å². The number of ether oxygens (including phenoxy) is 2. The molecule has 0 N–H and O–H groups in total. The minimum Gasteiger partial charge on any atom is -0.464 e. The normalized spacial score (nSPS) is 30.3. The molecule has 1 heterocycles. The zero-order valence-electron chi connectivity index (χ0n) is 15.9. The number of benzene rings is 1. The van der Waals surface area contributed by atoms with Crippen molar-refractivity contribution in [1.82, 2.24) is 0 Å². The first kappa shape index (κ1) is 19.6. The molecule has 1 aromatic rings. The first-order valence-corrected chi connectivity index (χ1v) is 9.76. The standard InChI is InChI=1S/C22H27NO4/c1-22-11-10-19(24)17(20(22)18(13-23)21(25)27-15-22)9-5-6-12-26-14-16-7-3-2-4-8-16/h2-4,7-8,17-18,20H,5-6,9-12,14-15H2,1H3/t17?,18?,20-,22+/m0/s1. The predicted molar refractivity (Wildman–Crippen MR) is 99.3 cm³/mol. The van der Waals surface area contributed by atoms with Crippen LogP contribution in [-0.2, 0) is 25.7 Å². The predicted octanol–water partition coefficient (Wildman–Crippen LogP) is 3.67. The minimum absolute atomic E-state index is 0.192. The first-order chi connectivity index (χ1) is 13.0. The van der Waals surface area contributed by atoms with Gasteiger partial charge in [0.15, 0.2) is 0 Å². The third-order valence-corrected chi connectivity index (χ3v) is 6.06. The van der Waals surface area contributed by atoms with Crippen molar-refractivity contribution >= 4 is 11.8 Å². The molecule has 2 aliphatic rings. The average Bonchev–Trinajstić information content (AvgIpc) is 2.68. The van der Waals surface area contributed by atoms with Crippen LogP contribution in [0.1, 0.15) is 44.6 Å². The van der Waals surface area contributed by atoms with Gasteiger partial charge in [0.25, 0.3) is 0 Å². The van der Waals surface area contributed by atoms with Crippen LogP contribution in [0, 0.1) is 34.5 Å². The molecular weight excluding hydrogens is 342 g/mol. The van der Waals surface area contributed by atoms with E-state index in [-0.39, 0.29) is 23.0 Å². The SMILES string of the molecule is C[C@]12CCC(=O)C(CCCCOCc3ccccc3)[C@H]1C(C#N)C(=O)OC2. The van der Waals surface area contributed by atoms with Gasteiger partial charge in [0.2, 0.25) is 0 Å². The lowest BCUT2D eigenvalue weighted by atomic mass is 9.56. The molecule has 0 bridgehead atoms. The number of cyclic esters (lactones) is 1. The highest BCUT2D eigenvalue weighted by molar-refractivity contribution is 5.85. The molecule has 0 aromatic heterocycles. The monoisotopic (exact) mass is 369 g/mol. The smallest absolute Gasteiger partial charge is 0.323 e. The van der Waals surface area contributed by atoms with Gasteiger partial charge in [-0.1, -0.05) is 43.7 Å². The number of nitriles is 1. The van der Waals surface area contributed by atoms with Crippen molar-refractivity contribution in [3.63, 3.8) is 0 Å². The Hall–Kier alpha value is -2.19. The molecule has 3 rings (SSSR count). The average molecular weight is 369 g/mol. The molecule has 1 aromatic carbocycles. The second-order valence-electron chi connectivity index (χ2n) is 8.00. The summed E-state index contributed by atoms with van der Waals surface area (Å²) in [5.41, 5.74) is 0.879. The maximum atomic E-state index is 12.6. The van der Waals surface area contributed by atoms with Crippen LogP contribution >= 0.6 is 0 Å². The molecule has 1 aliphatic carbocycles. The summed E-state index contributed by atoms with van der Waals surface area (Å²) < 4.78 is 11.0. The van der Waals surface area contributed by atoms with Crippen molar-refractivity contribution in [2.45, 2.75) is 45.6 Å². The van der Waals surface area contributed by atoms with E-state index in [1.165, 1.54) is 0 Å². The Morgan fingerprint density at radius 1 is 1.26 bits per heavy atom. The lowest BCUT2D eigenvalue weighted by Crippen LogP contribution is -2.53. The Morgan fingerprint density at radius 2 is 2.04 bits per heavy atom. The molecule has 1 aliphatic heterocycles. The van der Waals surface area contributed by atoms with Crippen LogP contribution in [0.5, 0.6) is 0 Å². The van der Waals surface area contributed by atoms with Crippen LogP contribution in [0.2, 0.25) is 0 Å². The van der Waals surface area contributed by atoms with Gasteiger partial charge in [0.05, 0.1) is 19.3 Å². The molecule has 0 spiro atoms. The van der Waals surface area contributed by atoms with Crippen LogP contribution in [0.25, 0.3) is 0 Å². The van der Waals surface area contributed by atoms with E-state index >= 15 is 0 Å². The quantitative estimate of drug-likeness (QED) is 0.541. The Kier molecular flexibility index (Phi) is 6.28. The summed E-state index contributed by atoms with van der Waals surface area (Å²) in [5, 5.41) is 9.49.